The molecule has 0 heterocycles. The number of hydrogen-bond donors (Lipinski definition) is 0. The molecular weight excluding hydrogens is 295 g/mol. The minimum Gasteiger partial charge on any atom is -0.335 e. The second-order valence-corrected chi connectivity index (χ2v) is 2.58. The molecule has 0 amide bonds. The van der Waals surface area contributed by atoms with Gasteiger partial charge in [-0.2, -0.15) is 26.0 Å². The van der Waals surface area contributed by atoms with Crippen molar-refractivity contribution in [2.75, 3.05) is 6.38 Å². The molecule has 0 N–H and O–H groups in total. The Morgan fingerprint density at radius 2 is 1.25 bits per heavy atom. The van der Waals surface area contributed by atoms with E-state index >= 15 is 0 Å². The zero-order chi connectivity index (χ0) is 11.8. The van der Waals surface area contributed by atoms with E-state index in [2.05, 4.69) is 35.9 Å². The molecule has 0 unspecified atom stereocenters. The third-order valence-corrected chi connectivity index (χ3v) is 1.17. The van der Waals surface area contributed by atoms with Gasteiger partial charge in [-0.25, -0.2) is 24.3 Å². The van der Waals surface area contributed by atoms with Gasteiger partial charge in [-0.15, -0.1) is 24.4 Å². The molecule has 0 atom stereocenters. The molecule has 2 aliphatic rings. The molecule has 2 heteroatoms. The third kappa shape index (κ3) is 23.7. The second kappa shape index (κ2) is 24.4. The number of hydrogen-bond acceptors (Lipinski definition) is 0. The van der Waals surface area contributed by atoms with Crippen LogP contribution >= 0.6 is 11.6 Å². The maximum absolute atomic E-state index is 4.64. The summed E-state index contributed by atoms with van der Waals surface area (Å²) in [5, 5.41) is 0. The van der Waals surface area contributed by atoms with Crippen LogP contribution in [-0.2, 0) is 26.2 Å². The Balaban J connectivity index is -0.000000147. The molecule has 87 valence electrons. The van der Waals surface area contributed by atoms with Crippen molar-refractivity contribution in [1.82, 2.24) is 0 Å². The van der Waals surface area contributed by atoms with Crippen molar-refractivity contribution in [3.8, 4) is 0 Å². The zero-order valence-electron chi connectivity index (χ0n) is 10.3. The van der Waals surface area contributed by atoms with Gasteiger partial charge in [-0.3, -0.25) is 12.2 Å². The van der Waals surface area contributed by atoms with Gasteiger partial charge >= 0.3 is 26.2 Å². The molecule has 0 spiro atoms. The van der Waals surface area contributed by atoms with E-state index in [1.165, 1.54) is 6.38 Å². The Morgan fingerprint density at radius 1 is 0.938 bits per heavy atom. The average molecular weight is 315 g/mol. The quantitative estimate of drug-likeness (QED) is 0.449. The summed E-state index contributed by atoms with van der Waals surface area (Å²) in [6.07, 6.45) is 23.5. The van der Waals surface area contributed by atoms with Crippen LogP contribution in [0.2, 0.25) is 0 Å². The van der Waals surface area contributed by atoms with E-state index in [4.69, 9.17) is 0 Å². The molecular formula is C14H20ClZr. The Hall–Kier alpha value is 0.133. The van der Waals surface area contributed by atoms with Gasteiger partial charge in [-0.05, 0) is 0 Å². The maximum atomic E-state index is 4.64. The van der Waals surface area contributed by atoms with E-state index in [1.54, 1.807) is 0 Å². The van der Waals surface area contributed by atoms with Crippen LogP contribution < -0.4 is 0 Å². The van der Waals surface area contributed by atoms with Crippen molar-refractivity contribution in [3.05, 3.63) is 55.0 Å². The van der Waals surface area contributed by atoms with Crippen LogP contribution in [0.3, 0.4) is 0 Å². The van der Waals surface area contributed by atoms with E-state index in [0.717, 1.165) is 12.8 Å². The topological polar surface area (TPSA) is 0 Å². The van der Waals surface area contributed by atoms with Crippen LogP contribution in [0.4, 0.5) is 0 Å². The molecule has 0 saturated heterocycles. The SMILES string of the molecule is CCl.C[CH-]C.[C-]1=CC=CC1.[C-]1=CC=CC1.[Zr+3]. The van der Waals surface area contributed by atoms with Crippen molar-refractivity contribution < 1.29 is 26.2 Å². The zero-order valence-corrected chi connectivity index (χ0v) is 13.5. The summed E-state index contributed by atoms with van der Waals surface area (Å²) in [7, 11) is 0. The Labute approximate surface area is 125 Å². The van der Waals surface area contributed by atoms with Gasteiger partial charge in [0.2, 0.25) is 0 Å². The summed E-state index contributed by atoms with van der Waals surface area (Å²) in [5.41, 5.74) is 0. The molecule has 0 fully saturated rings. The maximum Gasteiger partial charge on any atom is 3.00 e. The number of alkyl halides is 1. The Bertz CT molecular complexity index is 161. The first-order valence-electron chi connectivity index (χ1n) is 4.97. The molecule has 0 aromatic heterocycles. The molecule has 16 heavy (non-hydrogen) atoms. The fourth-order valence-corrected chi connectivity index (χ4v) is 0.680. The summed E-state index contributed by atoms with van der Waals surface area (Å²) in [6.45, 7) is 4.00. The van der Waals surface area contributed by atoms with Crippen LogP contribution in [0.1, 0.15) is 26.7 Å². The van der Waals surface area contributed by atoms with Crippen LogP contribution in [-0.4, -0.2) is 6.38 Å². The number of allylic oxidation sites excluding steroid dienone is 8. The molecule has 0 bridgehead atoms. The predicted octanol–water partition coefficient (Wildman–Crippen LogP) is 4.69. The largest absolute Gasteiger partial charge is 3.00 e. The molecule has 0 nitrogen and oxygen atoms in total. The number of rotatable bonds is 0. The molecule has 0 aliphatic heterocycles. The molecule has 1 radical (unpaired) electrons. The summed E-state index contributed by atoms with van der Waals surface area (Å²) in [4.78, 5) is 0. The van der Waals surface area contributed by atoms with Crippen molar-refractivity contribution >= 4 is 11.6 Å². The van der Waals surface area contributed by atoms with Crippen LogP contribution in [0.5, 0.6) is 0 Å². The molecule has 2 rings (SSSR count). The third-order valence-electron chi connectivity index (χ3n) is 1.17. The smallest absolute Gasteiger partial charge is 0.335 e. The van der Waals surface area contributed by atoms with E-state index in [-0.39, 0.29) is 26.2 Å². The van der Waals surface area contributed by atoms with E-state index in [0.29, 0.717) is 0 Å². The fraction of sp³-hybridized carbons (Fsp3) is 0.357. The average Bonchev–Trinajstić information content (AvgIpc) is 3.01. The molecule has 2 aliphatic carbocycles. The van der Waals surface area contributed by atoms with E-state index < -0.39 is 0 Å². The number of halogens is 1. The van der Waals surface area contributed by atoms with Gasteiger partial charge in [-0.1, -0.05) is 0 Å². The minimum atomic E-state index is 0. The van der Waals surface area contributed by atoms with Gasteiger partial charge in [0.25, 0.3) is 0 Å². The van der Waals surface area contributed by atoms with Gasteiger partial charge in [0.05, 0.1) is 0 Å². The van der Waals surface area contributed by atoms with Crippen molar-refractivity contribution in [3.63, 3.8) is 0 Å². The van der Waals surface area contributed by atoms with Crippen LogP contribution in [0.15, 0.2) is 36.5 Å². The van der Waals surface area contributed by atoms with Crippen molar-refractivity contribution in [2.24, 2.45) is 0 Å². The molecule has 0 aromatic carbocycles. The van der Waals surface area contributed by atoms with Gasteiger partial charge in [0.1, 0.15) is 0 Å². The summed E-state index contributed by atoms with van der Waals surface area (Å²) in [5.74, 6) is 0. The first kappa shape index (κ1) is 21.4. The molecule has 0 aromatic rings. The van der Waals surface area contributed by atoms with Crippen molar-refractivity contribution in [2.45, 2.75) is 26.7 Å². The van der Waals surface area contributed by atoms with E-state index in [1.807, 2.05) is 44.6 Å². The van der Waals surface area contributed by atoms with Gasteiger partial charge < -0.3 is 6.42 Å². The van der Waals surface area contributed by atoms with E-state index in [9.17, 15) is 0 Å². The fourth-order valence-electron chi connectivity index (χ4n) is 0.680. The Kier molecular flexibility index (Phi) is 32.7. The van der Waals surface area contributed by atoms with Gasteiger partial charge in [0.15, 0.2) is 0 Å². The summed E-state index contributed by atoms with van der Waals surface area (Å²) < 4.78 is 0. The summed E-state index contributed by atoms with van der Waals surface area (Å²) in [6, 6.07) is 0. The monoisotopic (exact) mass is 313 g/mol. The first-order chi connectivity index (χ1) is 7.41. The second-order valence-electron chi connectivity index (χ2n) is 2.58. The standard InChI is InChI=1S/2C5H5.C3H7.CH3Cl.Zr/c2*1-2-4-5-3-1;1-3-2;1-2;/h2*1-3H,4H2;3H,1-2H3;1H3;/q3*-1;;+3. The first-order valence-corrected chi connectivity index (χ1v) is 5.72. The van der Waals surface area contributed by atoms with Crippen LogP contribution in [0, 0.1) is 18.6 Å². The Morgan fingerprint density at radius 3 is 1.31 bits per heavy atom. The van der Waals surface area contributed by atoms with Gasteiger partial charge in [0, 0.05) is 6.38 Å². The predicted molar refractivity (Wildman–Crippen MR) is 70.6 cm³/mol. The van der Waals surface area contributed by atoms with Crippen LogP contribution in [0.25, 0.3) is 0 Å². The minimum absolute atomic E-state index is 0. The normalized spacial score (nSPS) is 12.5. The van der Waals surface area contributed by atoms with Crippen molar-refractivity contribution in [1.29, 1.82) is 0 Å². The molecule has 0 saturated carbocycles. The summed E-state index contributed by atoms with van der Waals surface area (Å²) >= 11 is 4.64.